The summed E-state index contributed by atoms with van der Waals surface area (Å²) in [5.41, 5.74) is 7.34. The topological polar surface area (TPSA) is 61.0 Å². The minimum atomic E-state index is -0.413. The van der Waals surface area contributed by atoms with E-state index < -0.39 is 5.82 Å². The van der Waals surface area contributed by atoms with Crippen molar-refractivity contribution in [3.05, 3.63) is 35.8 Å². The van der Waals surface area contributed by atoms with E-state index in [1.807, 2.05) is 0 Å². The number of hydrogen-bond acceptors (Lipinski definition) is 4. The summed E-state index contributed by atoms with van der Waals surface area (Å²) in [6, 6.07) is 6.27. The van der Waals surface area contributed by atoms with Gasteiger partial charge in [-0.3, -0.25) is 0 Å². The van der Waals surface area contributed by atoms with Crippen LogP contribution in [0.15, 0.2) is 24.3 Å². The molecule has 2 N–H and O–H groups in total. The fourth-order valence-corrected chi connectivity index (χ4v) is 1.83. The van der Waals surface area contributed by atoms with E-state index in [9.17, 15) is 4.39 Å². The van der Waals surface area contributed by atoms with Crippen molar-refractivity contribution in [1.82, 2.24) is 9.97 Å². The highest BCUT2D eigenvalue weighted by molar-refractivity contribution is 5.59. The maximum Gasteiger partial charge on any atom is 0.165 e. The Morgan fingerprint density at radius 1 is 1.26 bits per heavy atom. The third-order valence-electron chi connectivity index (χ3n) is 2.71. The largest absolute Gasteiger partial charge is 0.494 e. The number of ether oxygens (including phenoxy) is 1. The maximum absolute atomic E-state index is 13.4. The number of nitrogens with two attached hydrogens (primary N) is 1. The molecule has 2 aromatic rings. The molecule has 0 aliphatic heterocycles. The first-order valence-corrected chi connectivity index (χ1v) is 6.11. The second-order valence-corrected chi connectivity index (χ2v) is 4.21. The molecular weight excluding hydrogens is 245 g/mol. The Morgan fingerprint density at radius 3 is 2.74 bits per heavy atom. The predicted octanol–water partition coefficient (Wildman–Crippen LogP) is 2.83. The molecule has 0 amide bonds. The third kappa shape index (κ3) is 2.99. The highest BCUT2D eigenvalue weighted by Crippen LogP contribution is 2.25. The zero-order valence-electron chi connectivity index (χ0n) is 11.0. The van der Waals surface area contributed by atoms with Gasteiger partial charge in [0.2, 0.25) is 0 Å². The summed E-state index contributed by atoms with van der Waals surface area (Å²) in [6.45, 7) is 2.07. The van der Waals surface area contributed by atoms with Crippen LogP contribution < -0.4 is 10.5 Å². The van der Waals surface area contributed by atoms with E-state index in [4.69, 9.17) is 10.5 Å². The fourth-order valence-electron chi connectivity index (χ4n) is 1.83. The number of aryl methyl sites for hydroxylation is 1. The minimum Gasteiger partial charge on any atom is -0.494 e. The van der Waals surface area contributed by atoms with E-state index in [1.165, 1.54) is 13.2 Å². The van der Waals surface area contributed by atoms with Crippen molar-refractivity contribution < 1.29 is 9.13 Å². The first kappa shape index (κ1) is 13.3. The van der Waals surface area contributed by atoms with E-state index in [0.29, 0.717) is 17.2 Å². The summed E-state index contributed by atoms with van der Waals surface area (Å²) in [4.78, 5) is 8.61. The smallest absolute Gasteiger partial charge is 0.165 e. The lowest BCUT2D eigenvalue weighted by Gasteiger charge is -2.07. The van der Waals surface area contributed by atoms with E-state index in [-0.39, 0.29) is 5.75 Å². The summed E-state index contributed by atoms with van der Waals surface area (Å²) < 4.78 is 18.3. The number of nitrogens with zero attached hydrogens (tertiary/aromatic N) is 2. The molecule has 1 aromatic carbocycles. The van der Waals surface area contributed by atoms with Gasteiger partial charge in [0.1, 0.15) is 5.82 Å². The highest BCUT2D eigenvalue weighted by Gasteiger charge is 2.09. The van der Waals surface area contributed by atoms with E-state index in [1.54, 1.807) is 18.2 Å². The molecular formula is C14H16FN3O. The number of rotatable bonds is 4. The second kappa shape index (κ2) is 5.65. The average Bonchev–Trinajstić information content (AvgIpc) is 2.39. The number of anilines is 1. The van der Waals surface area contributed by atoms with Crippen molar-refractivity contribution in [3.63, 3.8) is 0 Å². The van der Waals surface area contributed by atoms with Crippen LogP contribution in [0.4, 0.5) is 10.2 Å². The Balaban J connectivity index is 2.46. The minimum absolute atomic E-state index is 0.167. The van der Waals surface area contributed by atoms with Gasteiger partial charge < -0.3 is 10.5 Å². The molecule has 0 fully saturated rings. The van der Waals surface area contributed by atoms with Gasteiger partial charge in [-0.2, -0.15) is 0 Å². The van der Waals surface area contributed by atoms with Crippen LogP contribution in [0.1, 0.15) is 19.0 Å². The third-order valence-corrected chi connectivity index (χ3v) is 2.71. The van der Waals surface area contributed by atoms with E-state index in [2.05, 4.69) is 16.9 Å². The molecule has 0 radical (unpaired) electrons. The van der Waals surface area contributed by atoms with Crippen LogP contribution >= 0.6 is 0 Å². The molecule has 100 valence electrons. The van der Waals surface area contributed by atoms with Gasteiger partial charge in [-0.05, 0) is 24.6 Å². The molecule has 4 nitrogen and oxygen atoms in total. The molecule has 1 aromatic heterocycles. The van der Waals surface area contributed by atoms with E-state index in [0.717, 1.165) is 18.5 Å². The van der Waals surface area contributed by atoms with Gasteiger partial charge in [-0.25, -0.2) is 14.4 Å². The lowest BCUT2D eigenvalue weighted by atomic mass is 10.1. The Bertz CT molecular complexity index is 587. The summed E-state index contributed by atoms with van der Waals surface area (Å²) in [6.07, 6.45) is 1.81. The highest BCUT2D eigenvalue weighted by atomic mass is 19.1. The second-order valence-electron chi connectivity index (χ2n) is 4.21. The molecule has 2 rings (SSSR count). The molecule has 5 heteroatoms. The molecule has 0 bridgehead atoms. The van der Waals surface area contributed by atoms with Crippen molar-refractivity contribution in [2.75, 3.05) is 12.8 Å². The molecule has 0 unspecified atom stereocenters. The van der Waals surface area contributed by atoms with Gasteiger partial charge in [0.25, 0.3) is 0 Å². The molecule has 0 spiro atoms. The van der Waals surface area contributed by atoms with Crippen LogP contribution in [0.3, 0.4) is 0 Å². The Hall–Kier alpha value is -2.17. The standard InChI is InChI=1S/C14H16FN3O/c1-3-4-10-8-13(16)18-14(17-10)9-5-6-11(15)12(7-9)19-2/h5-8H,3-4H2,1-2H3,(H2,16,17,18). The SMILES string of the molecule is CCCc1cc(N)nc(-c2ccc(F)c(OC)c2)n1. The Kier molecular flexibility index (Phi) is 3.94. The van der Waals surface area contributed by atoms with Crippen LogP contribution in [0.5, 0.6) is 5.75 Å². The predicted molar refractivity (Wildman–Crippen MR) is 72.4 cm³/mol. The lowest BCUT2D eigenvalue weighted by Crippen LogP contribution is -2.00. The molecule has 0 aliphatic rings. The van der Waals surface area contributed by atoms with Crippen LogP contribution in [0.25, 0.3) is 11.4 Å². The molecule has 0 atom stereocenters. The summed E-state index contributed by atoms with van der Waals surface area (Å²) in [5.74, 6) is 0.656. The van der Waals surface area contributed by atoms with Crippen LogP contribution in [0.2, 0.25) is 0 Å². The zero-order valence-corrected chi connectivity index (χ0v) is 11.0. The number of hydrogen-bond donors (Lipinski definition) is 1. The number of benzene rings is 1. The number of nitrogen functional groups attached to an aromatic ring is 1. The van der Waals surface area contributed by atoms with Crippen molar-refractivity contribution in [1.29, 1.82) is 0 Å². The van der Waals surface area contributed by atoms with Crippen LogP contribution in [-0.2, 0) is 6.42 Å². The first-order valence-electron chi connectivity index (χ1n) is 6.11. The van der Waals surface area contributed by atoms with Crippen molar-refractivity contribution in [3.8, 4) is 17.1 Å². The summed E-state index contributed by atoms with van der Waals surface area (Å²) in [7, 11) is 1.42. The fraction of sp³-hybridized carbons (Fsp3) is 0.286. The van der Waals surface area contributed by atoms with Crippen LogP contribution in [-0.4, -0.2) is 17.1 Å². The zero-order chi connectivity index (χ0) is 13.8. The summed E-state index contributed by atoms with van der Waals surface area (Å²) >= 11 is 0. The molecule has 0 aliphatic carbocycles. The summed E-state index contributed by atoms with van der Waals surface area (Å²) in [5, 5.41) is 0. The van der Waals surface area contributed by atoms with Gasteiger partial charge in [-0.15, -0.1) is 0 Å². The maximum atomic E-state index is 13.4. The number of aromatic nitrogens is 2. The number of halogens is 1. The quantitative estimate of drug-likeness (QED) is 0.919. The monoisotopic (exact) mass is 261 g/mol. The van der Waals surface area contributed by atoms with Crippen LogP contribution in [0, 0.1) is 5.82 Å². The van der Waals surface area contributed by atoms with Gasteiger partial charge in [0, 0.05) is 17.3 Å². The molecule has 19 heavy (non-hydrogen) atoms. The van der Waals surface area contributed by atoms with Gasteiger partial charge in [-0.1, -0.05) is 13.3 Å². The molecule has 0 saturated heterocycles. The van der Waals surface area contributed by atoms with Gasteiger partial charge >= 0.3 is 0 Å². The Morgan fingerprint density at radius 2 is 2.05 bits per heavy atom. The van der Waals surface area contributed by atoms with Gasteiger partial charge in [0.05, 0.1) is 7.11 Å². The van der Waals surface area contributed by atoms with Crippen molar-refractivity contribution in [2.24, 2.45) is 0 Å². The Labute approximate surface area is 111 Å². The van der Waals surface area contributed by atoms with E-state index >= 15 is 0 Å². The number of methoxy groups -OCH3 is 1. The molecule has 0 saturated carbocycles. The van der Waals surface area contributed by atoms with Crippen molar-refractivity contribution in [2.45, 2.75) is 19.8 Å². The lowest BCUT2D eigenvalue weighted by molar-refractivity contribution is 0.387. The van der Waals surface area contributed by atoms with Gasteiger partial charge in [0.15, 0.2) is 17.4 Å². The first-order chi connectivity index (χ1) is 9.13. The average molecular weight is 261 g/mol. The molecule has 1 heterocycles. The normalized spacial score (nSPS) is 10.5. The van der Waals surface area contributed by atoms with Crippen molar-refractivity contribution >= 4 is 5.82 Å².